The number of nitrogens with zero attached hydrogens (tertiary/aromatic N) is 3. The second-order valence-electron chi connectivity index (χ2n) is 8.04. The van der Waals surface area contributed by atoms with Crippen LogP contribution in [0.5, 0.6) is 5.75 Å². The van der Waals surface area contributed by atoms with Crippen LogP contribution in [0.3, 0.4) is 0 Å². The van der Waals surface area contributed by atoms with E-state index in [1.165, 1.54) is 0 Å². The first kappa shape index (κ1) is 29.8. The van der Waals surface area contributed by atoms with Crippen molar-refractivity contribution < 1.29 is 32.3 Å². The molecule has 0 saturated carbocycles. The van der Waals surface area contributed by atoms with Crippen LogP contribution in [0.1, 0.15) is 38.8 Å². The summed E-state index contributed by atoms with van der Waals surface area (Å²) in [5, 5.41) is 23.2. The number of aromatic nitrogens is 2. The highest BCUT2D eigenvalue weighted by atomic mass is 31.2. The zero-order valence-corrected chi connectivity index (χ0v) is 23.7. The molecule has 0 bridgehead atoms. The van der Waals surface area contributed by atoms with Gasteiger partial charge in [-0.3, -0.25) is 9.13 Å². The van der Waals surface area contributed by atoms with Crippen LogP contribution in [0.4, 0.5) is 0 Å². The highest BCUT2D eigenvalue weighted by Gasteiger charge is 2.51. The topological polar surface area (TPSA) is 133 Å². The average Bonchev–Trinajstić information content (AvgIpc) is 3.31. The van der Waals surface area contributed by atoms with Crippen LogP contribution in [-0.4, -0.2) is 46.7 Å². The van der Waals surface area contributed by atoms with Gasteiger partial charge in [0, 0.05) is 17.5 Å². The first-order valence-electron chi connectivity index (χ1n) is 12.4. The molecule has 3 rings (SSSR count). The zero-order chi connectivity index (χ0) is 27.8. The lowest BCUT2D eigenvalue weighted by Gasteiger charge is -2.31. The molecule has 0 aliphatic carbocycles. The Hall–Kier alpha value is -2.76. The van der Waals surface area contributed by atoms with E-state index < -0.39 is 20.6 Å². The second-order valence-corrected chi connectivity index (χ2v) is 12.9. The Kier molecular flexibility index (Phi) is 10.5. The summed E-state index contributed by atoms with van der Waals surface area (Å²) in [5.74, 6) is -0.00343. The number of rotatable bonds is 14. The van der Waals surface area contributed by atoms with Crippen molar-refractivity contribution >= 4 is 15.2 Å². The maximum Gasteiger partial charge on any atom is 0.346 e. The molecule has 0 unspecified atom stereocenters. The fourth-order valence-corrected chi connectivity index (χ4v) is 9.40. The third kappa shape index (κ3) is 6.44. The fraction of sp³-hybridized carbons (Fsp3) is 0.385. The zero-order valence-electron chi connectivity index (χ0n) is 21.9. The number of benzene rings is 2. The normalized spacial score (nSPS) is 12.1. The van der Waals surface area contributed by atoms with Crippen LogP contribution in [0.25, 0.3) is 16.9 Å². The summed E-state index contributed by atoms with van der Waals surface area (Å²) in [6.07, 6.45) is 1.45. The number of phenolic OH excluding ortho intramolecular Hbond substituents is 1. The van der Waals surface area contributed by atoms with Crippen molar-refractivity contribution in [2.24, 2.45) is 0 Å². The molecule has 204 valence electrons. The van der Waals surface area contributed by atoms with Gasteiger partial charge < -0.3 is 23.2 Å². The van der Waals surface area contributed by atoms with Gasteiger partial charge in [0.15, 0.2) is 5.40 Å². The van der Waals surface area contributed by atoms with Crippen LogP contribution in [-0.2, 0) is 33.6 Å². The number of hydrogen-bond acceptors (Lipinski definition) is 9. The van der Waals surface area contributed by atoms with Gasteiger partial charge >= 0.3 is 15.2 Å². The molecule has 0 fully saturated rings. The predicted molar refractivity (Wildman–Crippen MR) is 145 cm³/mol. The van der Waals surface area contributed by atoms with Gasteiger partial charge in [-0.2, -0.15) is 10.4 Å². The molecule has 0 saturated heterocycles. The summed E-state index contributed by atoms with van der Waals surface area (Å²) < 4.78 is 52.3. The van der Waals surface area contributed by atoms with Gasteiger partial charge in [0.1, 0.15) is 5.75 Å². The summed E-state index contributed by atoms with van der Waals surface area (Å²) in [4.78, 5) is 0. The van der Waals surface area contributed by atoms with Crippen LogP contribution in [0.2, 0.25) is 0 Å². The number of aromatic hydroxyl groups is 1. The van der Waals surface area contributed by atoms with E-state index >= 15 is 0 Å². The summed E-state index contributed by atoms with van der Waals surface area (Å²) >= 11 is 0. The molecule has 0 aliphatic heterocycles. The van der Waals surface area contributed by atoms with Gasteiger partial charge in [-0.1, -0.05) is 12.1 Å². The highest BCUT2D eigenvalue weighted by Crippen LogP contribution is 2.71. The molecule has 12 heteroatoms. The van der Waals surface area contributed by atoms with Crippen molar-refractivity contribution in [3.63, 3.8) is 0 Å². The minimum absolute atomic E-state index is 0.00343. The van der Waals surface area contributed by atoms with E-state index in [1.807, 2.05) is 0 Å². The summed E-state index contributed by atoms with van der Waals surface area (Å²) in [5.41, 5.74) is 2.56. The smallest absolute Gasteiger partial charge is 0.346 e. The van der Waals surface area contributed by atoms with E-state index in [2.05, 4.69) is 11.2 Å². The monoisotopic (exact) mass is 561 g/mol. The minimum Gasteiger partial charge on any atom is -0.507 e. The first-order valence-corrected chi connectivity index (χ1v) is 15.6. The SMILES string of the molecule is CCOP(=O)(OCC)C(Cc1cnn(-c2ccc(C#N)cc2)c1-c1ccccc1O)P(=O)(OCC)OCC. The van der Waals surface area contributed by atoms with Crippen molar-refractivity contribution in [2.75, 3.05) is 26.4 Å². The van der Waals surface area contributed by atoms with Gasteiger partial charge in [0.05, 0.1) is 55.6 Å². The van der Waals surface area contributed by atoms with Gasteiger partial charge in [-0.05, 0) is 64.1 Å². The molecule has 2 aromatic carbocycles. The highest BCUT2D eigenvalue weighted by molar-refractivity contribution is 7.72. The number of hydrogen-bond donors (Lipinski definition) is 1. The lowest BCUT2D eigenvalue weighted by molar-refractivity contribution is 0.195. The first-order chi connectivity index (χ1) is 18.3. The molecule has 0 radical (unpaired) electrons. The van der Waals surface area contributed by atoms with Gasteiger partial charge in [-0.25, -0.2) is 4.68 Å². The average molecular weight is 562 g/mol. The summed E-state index contributed by atoms with van der Waals surface area (Å²) in [7, 11) is -8.04. The number of para-hydroxylation sites is 1. The minimum atomic E-state index is -4.02. The molecular formula is C26H33N3O7P2. The summed E-state index contributed by atoms with van der Waals surface area (Å²) in [6, 6.07) is 15.6. The Labute approximate surface area is 223 Å². The van der Waals surface area contributed by atoms with Crippen LogP contribution >= 0.6 is 15.2 Å². The van der Waals surface area contributed by atoms with Crippen molar-refractivity contribution in [3.8, 4) is 28.8 Å². The third-order valence-corrected chi connectivity index (χ3v) is 11.6. The Morgan fingerprint density at radius 3 is 1.89 bits per heavy atom. The number of phenols is 1. The lowest BCUT2D eigenvalue weighted by Crippen LogP contribution is -2.20. The van der Waals surface area contributed by atoms with Crippen molar-refractivity contribution in [2.45, 2.75) is 39.5 Å². The second kappa shape index (κ2) is 13.3. The van der Waals surface area contributed by atoms with E-state index in [9.17, 15) is 19.5 Å². The van der Waals surface area contributed by atoms with E-state index in [4.69, 9.17) is 18.1 Å². The fourth-order valence-electron chi connectivity index (χ4n) is 4.10. The van der Waals surface area contributed by atoms with E-state index in [1.54, 1.807) is 87.1 Å². The predicted octanol–water partition coefficient (Wildman–Crippen LogP) is 6.52. The standard InChI is InChI=1S/C26H33N3O7P2/c1-5-33-37(31,34-6-2)25(38(32,35-7-3)36-8-4)17-21-19-28-29(22-15-13-20(18-27)14-16-22)26(21)23-11-9-10-12-24(23)30/h9-16,19,25,30H,5-8,17H2,1-4H3. The molecular weight excluding hydrogens is 528 g/mol. The molecule has 10 nitrogen and oxygen atoms in total. The van der Waals surface area contributed by atoms with Crippen molar-refractivity contribution in [1.82, 2.24) is 9.78 Å². The lowest BCUT2D eigenvalue weighted by atomic mass is 10.0. The Morgan fingerprint density at radius 2 is 1.42 bits per heavy atom. The van der Waals surface area contributed by atoms with Crippen molar-refractivity contribution in [3.05, 3.63) is 65.9 Å². The molecule has 1 aromatic heterocycles. The Balaban J connectivity index is 2.25. The largest absolute Gasteiger partial charge is 0.507 e. The molecule has 0 spiro atoms. The molecule has 38 heavy (non-hydrogen) atoms. The molecule has 0 atom stereocenters. The van der Waals surface area contributed by atoms with Crippen LogP contribution < -0.4 is 0 Å². The molecule has 1 heterocycles. The molecule has 3 aromatic rings. The van der Waals surface area contributed by atoms with Crippen LogP contribution in [0, 0.1) is 11.3 Å². The maximum absolute atomic E-state index is 14.1. The summed E-state index contributed by atoms with van der Waals surface area (Å²) in [6.45, 7) is 6.92. The van der Waals surface area contributed by atoms with Gasteiger partial charge in [0.2, 0.25) is 0 Å². The Bertz CT molecular complexity index is 1300. The third-order valence-electron chi connectivity index (χ3n) is 5.61. The van der Waals surface area contributed by atoms with E-state index in [0.717, 1.165) is 0 Å². The van der Waals surface area contributed by atoms with Gasteiger partial charge in [-0.15, -0.1) is 0 Å². The Morgan fingerprint density at radius 1 is 0.895 bits per heavy atom. The number of nitriles is 1. The maximum atomic E-state index is 14.1. The van der Waals surface area contributed by atoms with Crippen LogP contribution in [0.15, 0.2) is 54.7 Å². The van der Waals surface area contributed by atoms with Gasteiger partial charge in [0.25, 0.3) is 0 Å². The molecule has 0 aliphatic rings. The van der Waals surface area contributed by atoms with Crippen molar-refractivity contribution in [1.29, 1.82) is 5.26 Å². The quantitative estimate of drug-likeness (QED) is 0.218. The molecule has 1 N–H and O–H groups in total. The molecule has 0 amide bonds. The van der Waals surface area contributed by atoms with E-state index in [-0.39, 0.29) is 38.6 Å². The van der Waals surface area contributed by atoms with E-state index in [0.29, 0.717) is 28.1 Å².